The third kappa shape index (κ3) is 3.52. The Morgan fingerprint density at radius 3 is 2.50 bits per heavy atom. The number of rotatable bonds is 4. The zero-order valence-electron chi connectivity index (χ0n) is 15.1. The predicted molar refractivity (Wildman–Crippen MR) is 92.0 cm³/mol. The van der Waals surface area contributed by atoms with Gasteiger partial charge < -0.3 is 10.6 Å². The van der Waals surface area contributed by atoms with Gasteiger partial charge in [0.2, 0.25) is 0 Å². The molecule has 0 saturated carbocycles. The van der Waals surface area contributed by atoms with Gasteiger partial charge in [-0.1, -0.05) is 0 Å². The number of nitrogens with one attached hydrogen (secondary N) is 2. The van der Waals surface area contributed by atoms with Gasteiger partial charge >= 0.3 is 6.18 Å². The molecule has 3 rings (SSSR count). The Morgan fingerprint density at radius 2 is 1.89 bits per heavy atom. The van der Waals surface area contributed by atoms with Crippen molar-refractivity contribution in [3.63, 3.8) is 0 Å². The average molecular weight is 395 g/mol. The molecular formula is C16H16F3N7O2. The Balaban J connectivity index is 1.99. The molecule has 3 aromatic heterocycles. The van der Waals surface area contributed by atoms with E-state index in [0.717, 1.165) is 12.1 Å². The molecule has 0 aliphatic heterocycles. The molecule has 0 unspecified atom stereocenters. The van der Waals surface area contributed by atoms with E-state index in [9.17, 15) is 22.8 Å². The maximum absolute atomic E-state index is 13.2. The van der Waals surface area contributed by atoms with Crippen molar-refractivity contribution in [2.45, 2.75) is 26.6 Å². The highest BCUT2D eigenvalue weighted by molar-refractivity contribution is 6.07. The summed E-state index contributed by atoms with van der Waals surface area (Å²) in [5.41, 5.74) is -1.21. The fraction of sp³-hybridized carbons (Fsp3) is 0.312. The van der Waals surface area contributed by atoms with Crippen LogP contribution in [0.4, 0.5) is 18.9 Å². The summed E-state index contributed by atoms with van der Waals surface area (Å²) in [6, 6.07) is 1.98. The van der Waals surface area contributed by atoms with Gasteiger partial charge in [0.05, 0.1) is 5.69 Å². The van der Waals surface area contributed by atoms with Crippen LogP contribution in [0, 0.1) is 6.92 Å². The van der Waals surface area contributed by atoms with Crippen molar-refractivity contribution in [2.75, 3.05) is 12.4 Å². The van der Waals surface area contributed by atoms with Gasteiger partial charge in [-0.15, -0.1) is 0 Å². The van der Waals surface area contributed by atoms with Crippen molar-refractivity contribution in [1.82, 2.24) is 29.7 Å². The normalized spacial score (nSPS) is 11.6. The van der Waals surface area contributed by atoms with Gasteiger partial charge in [0.15, 0.2) is 17.0 Å². The number of hydrogen-bond donors (Lipinski definition) is 2. The van der Waals surface area contributed by atoms with Crippen LogP contribution in [-0.4, -0.2) is 43.2 Å². The quantitative estimate of drug-likeness (QED) is 0.702. The van der Waals surface area contributed by atoms with E-state index in [4.69, 9.17) is 0 Å². The highest BCUT2D eigenvalue weighted by Gasteiger charge is 2.35. The first-order valence-corrected chi connectivity index (χ1v) is 8.19. The SMILES string of the molecule is CCn1cc(NC(=O)c2cc3nc(C)cc(C(F)(F)F)n3n2)c(C(=O)NC)n1. The van der Waals surface area contributed by atoms with Crippen LogP contribution < -0.4 is 10.6 Å². The second-order valence-corrected chi connectivity index (χ2v) is 5.86. The Morgan fingerprint density at radius 1 is 1.18 bits per heavy atom. The van der Waals surface area contributed by atoms with Gasteiger partial charge in [-0.25, -0.2) is 9.50 Å². The Hall–Kier alpha value is -3.44. The summed E-state index contributed by atoms with van der Waals surface area (Å²) in [5.74, 6) is -1.31. The summed E-state index contributed by atoms with van der Waals surface area (Å²) < 4.78 is 41.7. The minimum Gasteiger partial charge on any atom is -0.354 e. The summed E-state index contributed by atoms with van der Waals surface area (Å²) in [6.07, 6.45) is -3.22. The smallest absolute Gasteiger partial charge is 0.354 e. The minimum absolute atomic E-state index is 0.0218. The Labute approximate surface area is 156 Å². The number of halogens is 3. The van der Waals surface area contributed by atoms with E-state index in [0.29, 0.717) is 11.1 Å². The molecule has 0 bridgehead atoms. The number of aryl methyl sites for hydroxylation is 2. The van der Waals surface area contributed by atoms with E-state index >= 15 is 0 Å². The number of amides is 2. The maximum Gasteiger partial charge on any atom is 0.433 e. The molecule has 0 spiro atoms. The minimum atomic E-state index is -4.67. The first kappa shape index (κ1) is 19.3. The maximum atomic E-state index is 13.2. The van der Waals surface area contributed by atoms with Crippen LogP contribution in [0.1, 0.15) is 39.3 Å². The highest BCUT2D eigenvalue weighted by Crippen LogP contribution is 2.30. The fourth-order valence-corrected chi connectivity index (χ4v) is 2.56. The summed E-state index contributed by atoms with van der Waals surface area (Å²) in [4.78, 5) is 28.4. The number of anilines is 1. The lowest BCUT2D eigenvalue weighted by atomic mass is 10.3. The van der Waals surface area contributed by atoms with Gasteiger partial charge in [-0.3, -0.25) is 14.3 Å². The van der Waals surface area contributed by atoms with E-state index in [-0.39, 0.29) is 28.4 Å². The summed E-state index contributed by atoms with van der Waals surface area (Å²) in [6.45, 7) is 3.66. The lowest BCUT2D eigenvalue weighted by Crippen LogP contribution is -2.22. The van der Waals surface area contributed by atoms with Crippen molar-refractivity contribution in [3.8, 4) is 0 Å². The lowest BCUT2D eigenvalue weighted by molar-refractivity contribution is -0.142. The van der Waals surface area contributed by atoms with Crippen molar-refractivity contribution < 1.29 is 22.8 Å². The molecule has 9 nitrogen and oxygen atoms in total. The topological polar surface area (TPSA) is 106 Å². The van der Waals surface area contributed by atoms with Gasteiger partial charge in [-0.05, 0) is 19.9 Å². The van der Waals surface area contributed by atoms with Crippen molar-refractivity contribution in [3.05, 3.63) is 41.1 Å². The van der Waals surface area contributed by atoms with Crippen LogP contribution in [0.5, 0.6) is 0 Å². The standard InChI is InChI=1S/C16H16F3N7O2/c1-4-25-7-10(13(24-25)15(28)20-3)22-14(27)9-6-12-21-8(2)5-11(16(17,18)19)26(12)23-9/h5-7H,4H2,1-3H3,(H,20,28)(H,22,27). The lowest BCUT2D eigenvalue weighted by Gasteiger charge is -2.09. The van der Waals surface area contributed by atoms with Crippen molar-refractivity contribution in [2.24, 2.45) is 0 Å². The second kappa shape index (κ2) is 6.94. The first-order valence-electron chi connectivity index (χ1n) is 8.19. The van der Waals surface area contributed by atoms with Crippen LogP contribution in [0.2, 0.25) is 0 Å². The van der Waals surface area contributed by atoms with Gasteiger partial charge in [0.1, 0.15) is 5.69 Å². The van der Waals surface area contributed by atoms with Crippen LogP contribution in [0.15, 0.2) is 18.3 Å². The number of hydrogen-bond acceptors (Lipinski definition) is 5. The number of carbonyl (C=O) groups is 2. The van der Waals surface area contributed by atoms with Gasteiger partial charge in [-0.2, -0.15) is 23.4 Å². The van der Waals surface area contributed by atoms with Crippen molar-refractivity contribution >= 4 is 23.1 Å². The molecule has 3 aromatic rings. The first-order chi connectivity index (χ1) is 13.1. The largest absolute Gasteiger partial charge is 0.433 e. The summed E-state index contributed by atoms with van der Waals surface area (Å²) in [7, 11) is 1.41. The van der Waals surface area contributed by atoms with E-state index < -0.39 is 23.7 Å². The van der Waals surface area contributed by atoms with E-state index in [2.05, 4.69) is 25.8 Å². The monoisotopic (exact) mass is 395 g/mol. The highest BCUT2D eigenvalue weighted by atomic mass is 19.4. The zero-order valence-corrected chi connectivity index (χ0v) is 15.1. The number of alkyl halides is 3. The molecule has 0 radical (unpaired) electrons. The molecule has 12 heteroatoms. The second-order valence-electron chi connectivity index (χ2n) is 5.86. The van der Waals surface area contributed by atoms with E-state index in [1.807, 2.05) is 0 Å². The Bertz CT molecular complexity index is 1070. The molecule has 2 N–H and O–H groups in total. The molecule has 0 fully saturated rings. The number of carbonyl (C=O) groups excluding carboxylic acids is 2. The molecule has 2 amide bonds. The molecule has 0 atom stereocenters. The number of nitrogens with zero attached hydrogens (tertiary/aromatic N) is 5. The molecule has 0 aliphatic carbocycles. The number of aromatic nitrogens is 5. The predicted octanol–water partition coefficient (Wildman–Crippen LogP) is 1.88. The van der Waals surface area contributed by atoms with Crippen LogP contribution in [0.3, 0.4) is 0 Å². The van der Waals surface area contributed by atoms with Gasteiger partial charge in [0, 0.05) is 31.5 Å². The molecule has 0 aliphatic rings. The molecule has 28 heavy (non-hydrogen) atoms. The van der Waals surface area contributed by atoms with Crippen molar-refractivity contribution in [1.29, 1.82) is 0 Å². The summed E-state index contributed by atoms with van der Waals surface area (Å²) >= 11 is 0. The zero-order chi connectivity index (χ0) is 20.6. The van der Waals surface area contributed by atoms with Crippen LogP contribution >= 0.6 is 0 Å². The fourth-order valence-electron chi connectivity index (χ4n) is 2.56. The molecular weight excluding hydrogens is 379 g/mol. The Kier molecular flexibility index (Phi) is 4.79. The van der Waals surface area contributed by atoms with Gasteiger partial charge in [0.25, 0.3) is 11.8 Å². The van der Waals surface area contributed by atoms with E-state index in [1.54, 1.807) is 6.92 Å². The van der Waals surface area contributed by atoms with Crippen LogP contribution in [-0.2, 0) is 12.7 Å². The van der Waals surface area contributed by atoms with Crippen LogP contribution in [0.25, 0.3) is 5.65 Å². The molecule has 148 valence electrons. The molecule has 0 aromatic carbocycles. The van der Waals surface area contributed by atoms with E-state index in [1.165, 1.54) is 24.9 Å². The third-order valence-corrected chi connectivity index (χ3v) is 3.85. The third-order valence-electron chi connectivity index (χ3n) is 3.85. The average Bonchev–Trinajstić information content (AvgIpc) is 3.23. The molecule has 0 saturated heterocycles. The molecule has 3 heterocycles. The summed E-state index contributed by atoms with van der Waals surface area (Å²) in [5, 5.41) is 12.6. The number of fused-ring (bicyclic) bond motifs is 1.